The fourth-order valence-corrected chi connectivity index (χ4v) is 4.93. The van der Waals surface area contributed by atoms with Gasteiger partial charge in [0.15, 0.2) is 5.78 Å². The topological polar surface area (TPSA) is 21.5 Å². The molecule has 0 saturated heterocycles. The number of rotatable bonds is 1. The van der Waals surface area contributed by atoms with E-state index in [-0.39, 0.29) is 11.7 Å². The highest BCUT2D eigenvalue weighted by atomic mass is 16.1. The van der Waals surface area contributed by atoms with Crippen LogP contribution >= 0.6 is 0 Å². The summed E-state index contributed by atoms with van der Waals surface area (Å²) in [7, 11) is 0. The second-order valence-corrected chi connectivity index (χ2v) is 7.73. The normalized spacial score (nSPS) is 16.7. The number of hydrogen-bond donors (Lipinski definition) is 0. The third-order valence-electron chi connectivity index (χ3n) is 6.16. The van der Waals surface area contributed by atoms with Crippen molar-refractivity contribution in [1.82, 2.24) is 4.40 Å². The van der Waals surface area contributed by atoms with E-state index in [2.05, 4.69) is 77.2 Å². The number of aromatic nitrogens is 1. The lowest BCUT2D eigenvalue weighted by molar-refractivity contribution is 0.0965. The molecule has 1 unspecified atom stereocenters. The lowest BCUT2D eigenvalue weighted by atomic mass is 9.80. The number of carbonyl (C=O) groups excluding carboxylic acids is 1. The molecule has 28 heavy (non-hydrogen) atoms. The molecule has 3 aromatic carbocycles. The molecule has 0 fully saturated rings. The van der Waals surface area contributed by atoms with Crippen LogP contribution in [0.3, 0.4) is 0 Å². The van der Waals surface area contributed by atoms with Crippen molar-refractivity contribution in [1.29, 1.82) is 0 Å². The zero-order valence-electron chi connectivity index (χ0n) is 15.4. The molecule has 2 heterocycles. The molecule has 1 aliphatic rings. The maximum Gasteiger partial charge on any atom is 0.165 e. The van der Waals surface area contributed by atoms with E-state index >= 15 is 0 Å². The van der Waals surface area contributed by atoms with Gasteiger partial charge >= 0.3 is 0 Å². The highest BCUT2D eigenvalue weighted by Gasteiger charge is 2.30. The summed E-state index contributed by atoms with van der Waals surface area (Å²) in [6.45, 7) is 0. The highest BCUT2D eigenvalue weighted by Crippen LogP contribution is 2.39. The number of pyridine rings is 1. The van der Waals surface area contributed by atoms with Crippen molar-refractivity contribution in [3.63, 3.8) is 0 Å². The molecule has 5 aromatic rings. The first-order valence-electron chi connectivity index (χ1n) is 9.83. The molecule has 2 nitrogen and oxygen atoms in total. The van der Waals surface area contributed by atoms with Gasteiger partial charge in [-0.3, -0.25) is 4.79 Å². The zero-order valence-corrected chi connectivity index (χ0v) is 15.4. The molecule has 0 spiro atoms. The van der Waals surface area contributed by atoms with Gasteiger partial charge in [0.05, 0.1) is 11.0 Å². The Balaban J connectivity index is 1.74. The smallest absolute Gasteiger partial charge is 0.165 e. The van der Waals surface area contributed by atoms with Crippen LogP contribution in [0.15, 0.2) is 84.9 Å². The van der Waals surface area contributed by atoms with Crippen molar-refractivity contribution >= 4 is 33.0 Å². The summed E-state index contributed by atoms with van der Waals surface area (Å²) in [6, 6.07) is 29.5. The van der Waals surface area contributed by atoms with E-state index in [9.17, 15) is 4.79 Å². The van der Waals surface area contributed by atoms with Gasteiger partial charge in [-0.05, 0) is 35.4 Å². The van der Waals surface area contributed by atoms with Crippen LogP contribution < -0.4 is 0 Å². The molecule has 0 bridgehead atoms. The number of benzene rings is 3. The minimum Gasteiger partial charge on any atom is -0.312 e. The number of hydrogen-bond acceptors (Lipinski definition) is 1. The molecule has 0 amide bonds. The molecule has 0 N–H and O–H groups in total. The van der Waals surface area contributed by atoms with Gasteiger partial charge in [-0.2, -0.15) is 0 Å². The number of ketones is 1. The van der Waals surface area contributed by atoms with Gasteiger partial charge in [0, 0.05) is 28.5 Å². The summed E-state index contributed by atoms with van der Waals surface area (Å²) in [5, 5.41) is 3.46. The summed E-state index contributed by atoms with van der Waals surface area (Å²) >= 11 is 0. The van der Waals surface area contributed by atoms with E-state index in [4.69, 9.17) is 0 Å². The minimum absolute atomic E-state index is 0.228. The van der Waals surface area contributed by atoms with Crippen molar-refractivity contribution in [2.75, 3.05) is 0 Å². The zero-order chi connectivity index (χ0) is 18.7. The van der Waals surface area contributed by atoms with E-state index in [0.717, 1.165) is 28.5 Å². The third-order valence-corrected chi connectivity index (χ3v) is 6.16. The molecule has 1 atom stereocenters. The van der Waals surface area contributed by atoms with Crippen LogP contribution in [-0.2, 0) is 6.42 Å². The predicted octanol–water partition coefficient (Wildman–Crippen LogP) is 6.16. The van der Waals surface area contributed by atoms with E-state index in [0.29, 0.717) is 6.42 Å². The SMILES string of the molecule is O=C1CC(c2ccccc2)Cc2c1c1ccccc1c1cc3ccccc3n21. The Morgan fingerprint density at radius 1 is 0.714 bits per heavy atom. The fourth-order valence-electron chi connectivity index (χ4n) is 4.93. The van der Waals surface area contributed by atoms with Gasteiger partial charge in [-0.1, -0.05) is 72.8 Å². The Labute approximate surface area is 163 Å². The van der Waals surface area contributed by atoms with E-state index < -0.39 is 0 Å². The molecule has 134 valence electrons. The second kappa shape index (κ2) is 5.80. The Hall–Kier alpha value is -3.39. The molecule has 1 aliphatic carbocycles. The van der Waals surface area contributed by atoms with Crippen LogP contribution in [0.5, 0.6) is 0 Å². The van der Waals surface area contributed by atoms with Crippen molar-refractivity contribution in [3.05, 3.63) is 102 Å². The first-order chi connectivity index (χ1) is 13.8. The fraction of sp³-hybridized carbons (Fsp3) is 0.115. The Bertz CT molecular complexity index is 1380. The third kappa shape index (κ3) is 2.12. The number of para-hydroxylation sites is 1. The van der Waals surface area contributed by atoms with Crippen LogP contribution in [-0.4, -0.2) is 10.2 Å². The summed E-state index contributed by atoms with van der Waals surface area (Å²) in [4.78, 5) is 13.4. The van der Waals surface area contributed by atoms with Gasteiger partial charge in [0.2, 0.25) is 0 Å². The standard InChI is InChI=1S/C26H19NO/c28-25-16-19(17-8-2-1-3-9-17)15-24-26(25)21-12-6-5-11-20(21)23-14-18-10-4-7-13-22(18)27(23)24/h1-14,19H,15-16H2. The summed E-state index contributed by atoms with van der Waals surface area (Å²) in [5.41, 5.74) is 5.69. The van der Waals surface area contributed by atoms with Gasteiger partial charge in [0.1, 0.15) is 0 Å². The number of carbonyl (C=O) groups is 1. The van der Waals surface area contributed by atoms with Gasteiger partial charge in [-0.15, -0.1) is 0 Å². The first-order valence-corrected chi connectivity index (χ1v) is 9.83. The highest BCUT2D eigenvalue weighted by molar-refractivity contribution is 6.15. The van der Waals surface area contributed by atoms with E-state index in [1.54, 1.807) is 0 Å². The van der Waals surface area contributed by atoms with Crippen molar-refractivity contribution in [2.24, 2.45) is 0 Å². The average molecular weight is 361 g/mol. The van der Waals surface area contributed by atoms with Crippen LogP contribution in [0.2, 0.25) is 0 Å². The van der Waals surface area contributed by atoms with Crippen LogP contribution in [0.25, 0.3) is 27.2 Å². The van der Waals surface area contributed by atoms with Crippen LogP contribution in [0.1, 0.15) is 34.0 Å². The minimum atomic E-state index is 0.228. The van der Waals surface area contributed by atoms with E-state index in [1.165, 1.54) is 22.0 Å². The average Bonchev–Trinajstić information content (AvgIpc) is 3.14. The lowest BCUT2D eigenvalue weighted by Crippen LogP contribution is -2.22. The van der Waals surface area contributed by atoms with Crippen molar-refractivity contribution in [2.45, 2.75) is 18.8 Å². The Kier molecular flexibility index (Phi) is 3.24. The van der Waals surface area contributed by atoms with E-state index in [1.807, 2.05) is 12.1 Å². The molecule has 2 heteroatoms. The van der Waals surface area contributed by atoms with Crippen LogP contribution in [0, 0.1) is 0 Å². The summed E-state index contributed by atoms with van der Waals surface area (Å²) in [6.07, 6.45) is 1.46. The molecule has 0 saturated carbocycles. The maximum absolute atomic E-state index is 13.4. The number of fused-ring (bicyclic) bond motifs is 8. The molecule has 6 rings (SSSR count). The van der Waals surface area contributed by atoms with Crippen LogP contribution in [0.4, 0.5) is 0 Å². The molecular formula is C26H19NO. The molecular weight excluding hydrogens is 342 g/mol. The molecule has 0 aliphatic heterocycles. The lowest BCUT2D eigenvalue weighted by Gasteiger charge is -2.27. The van der Waals surface area contributed by atoms with Gasteiger partial charge < -0.3 is 4.40 Å². The molecule has 2 aromatic heterocycles. The molecule has 0 radical (unpaired) electrons. The second-order valence-electron chi connectivity index (χ2n) is 7.73. The monoisotopic (exact) mass is 361 g/mol. The maximum atomic E-state index is 13.4. The number of Topliss-reactive ketones (excluding diaryl/α,β-unsaturated/α-hetero) is 1. The first kappa shape index (κ1) is 15.6. The summed E-state index contributed by atoms with van der Waals surface area (Å²) in [5.74, 6) is 0.484. The Morgan fingerprint density at radius 3 is 2.29 bits per heavy atom. The van der Waals surface area contributed by atoms with Gasteiger partial charge in [-0.25, -0.2) is 0 Å². The largest absolute Gasteiger partial charge is 0.312 e. The summed E-state index contributed by atoms with van der Waals surface area (Å²) < 4.78 is 2.33. The van der Waals surface area contributed by atoms with Crippen molar-refractivity contribution in [3.8, 4) is 0 Å². The number of nitrogens with zero attached hydrogens (tertiary/aromatic N) is 1. The predicted molar refractivity (Wildman–Crippen MR) is 114 cm³/mol. The quantitative estimate of drug-likeness (QED) is 0.350. The van der Waals surface area contributed by atoms with Gasteiger partial charge in [0.25, 0.3) is 0 Å². The van der Waals surface area contributed by atoms with Crippen molar-refractivity contribution < 1.29 is 4.79 Å². The Morgan fingerprint density at radius 2 is 1.43 bits per heavy atom.